The highest BCUT2D eigenvalue weighted by molar-refractivity contribution is 9.10. The van der Waals surface area contributed by atoms with Crippen LogP contribution in [-0.2, 0) is 9.47 Å². The van der Waals surface area contributed by atoms with E-state index in [0.717, 1.165) is 13.0 Å². The van der Waals surface area contributed by atoms with Crippen LogP contribution >= 0.6 is 15.9 Å². The minimum absolute atomic E-state index is 0.0425. The van der Waals surface area contributed by atoms with E-state index < -0.39 is 4.92 Å². The predicted molar refractivity (Wildman–Crippen MR) is 76.9 cm³/mol. The Hall–Kier alpha value is -1.25. The number of nitrogens with one attached hydrogen (secondary N) is 1. The molecule has 2 rings (SSSR count). The lowest BCUT2D eigenvalue weighted by Gasteiger charge is -2.17. The van der Waals surface area contributed by atoms with E-state index >= 15 is 0 Å². The molecule has 0 saturated carbocycles. The molecule has 1 fully saturated rings. The molecule has 1 N–H and O–H groups in total. The molecule has 0 radical (unpaired) electrons. The van der Waals surface area contributed by atoms with Crippen molar-refractivity contribution in [2.75, 3.05) is 25.1 Å². The zero-order chi connectivity index (χ0) is 14.5. The summed E-state index contributed by atoms with van der Waals surface area (Å²) in [5.41, 5.74) is -0.0468. The summed E-state index contributed by atoms with van der Waals surface area (Å²) in [5, 5.41) is 13.8. The Bertz CT molecular complexity index is 480. The highest BCUT2D eigenvalue weighted by Gasteiger charge is 2.18. The highest BCUT2D eigenvalue weighted by Crippen LogP contribution is 2.25. The van der Waals surface area contributed by atoms with Gasteiger partial charge in [0.05, 0.1) is 28.7 Å². The molecule has 1 aliphatic heterocycles. The van der Waals surface area contributed by atoms with Crippen LogP contribution in [0.4, 0.5) is 11.5 Å². The van der Waals surface area contributed by atoms with E-state index in [1.807, 2.05) is 6.92 Å². The summed E-state index contributed by atoms with van der Waals surface area (Å²) in [6.45, 7) is 3.89. The zero-order valence-corrected chi connectivity index (χ0v) is 12.6. The fraction of sp³-hybridized carbons (Fsp3) is 0.583. The standard InChI is InChI=1S/C12H16BrN3O4/c1-8(6-20-10-2-3-19-7-10)15-12-11(13)4-9(5-14-12)16(17)18/h4-5,8,10H,2-3,6-7H2,1H3,(H,14,15). The first-order chi connectivity index (χ1) is 9.56. The Morgan fingerprint density at radius 1 is 1.75 bits per heavy atom. The lowest BCUT2D eigenvalue weighted by atomic mass is 10.3. The number of anilines is 1. The third kappa shape index (κ3) is 4.12. The number of nitrogens with zero attached hydrogens (tertiary/aromatic N) is 2. The second-order valence-electron chi connectivity index (χ2n) is 4.65. The molecule has 1 saturated heterocycles. The lowest BCUT2D eigenvalue weighted by molar-refractivity contribution is -0.385. The molecule has 2 atom stereocenters. The molecule has 1 aromatic rings. The van der Waals surface area contributed by atoms with Crippen LogP contribution < -0.4 is 5.32 Å². The Balaban J connectivity index is 1.86. The van der Waals surface area contributed by atoms with Gasteiger partial charge in [-0.05, 0) is 29.3 Å². The van der Waals surface area contributed by atoms with Crippen molar-refractivity contribution in [1.29, 1.82) is 0 Å². The molecule has 0 amide bonds. The molecule has 2 unspecified atom stereocenters. The summed E-state index contributed by atoms with van der Waals surface area (Å²) in [4.78, 5) is 14.2. The van der Waals surface area contributed by atoms with Crippen LogP contribution in [0.15, 0.2) is 16.7 Å². The number of hydrogen-bond donors (Lipinski definition) is 1. The number of nitro groups is 1. The third-order valence-electron chi connectivity index (χ3n) is 2.89. The Morgan fingerprint density at radius 3 is 3.15 bits per heavy atom. The number of aromatic nitrogens is 1. The molecule has 2 heterocycles. The molecular formula is C12H16BrN3O4. The molecule has 0 bridgehead atoms. The summed E-state index contributed by atoms with van der Waals surface area (Å²) >= 11 is 3.27. The minimum atomic E-state index is -0.478. The fourth-order valence-corrected chi connectivity index (χ4v) is 2.29. The number of halogens is 1. The molecule has 20 heavy (non-hydrogen) atoms. The number of hydrogen-bond acceptors (Lipinski definition) is 6. The van der Waals surface area contributed by atoms with Crippen molar-refractivity contribution in [1.82, 2.24) is 4.98 Å². The van der Waals surface area contributed by atoms with Gasteiger partial charge in [-0.3, -0.25) is 10.1 Å². The Morgan fingerprint density at radius 2 is 2.55 bits per heavy atom. The quantitative estimate of drug-likeness (QED) is 0.629. The average Bonchev–Trinajstić information content (AvgIpc) is 2.91. The first-order valence-electron chi connectivity index (χ1n) is 6.32. The van der Waals surface area contributed by atoms with Gasteiger partial charge in [-0.25, -0.2) is 4.98 Å². The first kappa shape index (κ1) is 15.1. The molecule has 7 nitrogen and oxygen atoms in total. The van der Waals surface area contributed by atoms with Gasteiger partial charge in [-0.1, -0.05) is 0 Å². The van der Waals surface area contributed by atoms with Crippen molar-refractivity contribution in [3.05, 3.63) is 26.9 Å². The lowest BCUT2D eigenvalue weighted by Crippen LogP contribution is -2.26. The van der Waals surface area contributed by atoms with Crippen molar-refractivity contribution in [2.45, 2.75) is 25.5 Å². The summed E-state index contributed by atoms with van der Waals surface area (Å²) in [5.74, 6) is 0.564. The maximum atomic E-state index is 10.6. The number of pyridine rings is 1. The highest BCUT2D eigenvalue weighted by atomic mass is 79.9. The van der Waals surface area contributed by atoms with E-state index in [0.29, 0.717) is 23.5 Å². The summed E-state index contributed by atoms with van der Waals surface area (Å²) in [7, 11) is 0. The van der Waals surface area contributed by atoms with E-state index in [1.54, 1.807) is 0 Å². The average molecular weight is 346 g/mol. The van der Waals surface area contributed by atoms with Gasteiger partial charge in [-0.2, -0.15) is 0 Å². The second-order valence-corrected chi connectivity index (χ2v) is 5.50. The molecule has 8 heteroatoms. The van der Waals surface area contributed by atoms with Crippen molar-refractivity contribution >= 4 is 27.4 Å². The van der Waals surface area contributed by atoms with Crippen LogP contribution in [-0.4, -0.2) is 41.9 Å². The Kier molecular flexibility index (Phi) is 5.27. The molecule has 110 valence electrons. The van der Waals surface area contributed by atoms with E-state index in [-0.39, 0.29) is 17.8 Å². The molecule has 1 aliphatic rings. The van der Waals surface area contributed by atoms with Gasteiger partial charge in [0, 0.05) is 18.7 Å². The molecule has 1 aromatic heterocycles. The topological polar surface area (TPSA) is 86.5 Å². The van der Waals surface area contributed by atoms with Crippen molar-refractivity contribution in [3.8, 4) is 0 Å². The van der Waals surface area contributed by atoms with Gasteiger partial charge in [-0.15, -0.1) is 0 Å². The predicted octanol–water partition coefficient (Wildman–Crippen LogP) is 2.36. The monoisotopic (exact) mass is 345 g/mol. The maximum Gasteiger partial charge on any atom is 0.288 e. The summed E-state index contributed by atoms with van der Waals surface area (Å²) in [6.07, 6.45) is 2.31. The number of ether oxygens (including phenoxy) is 2. The number of rotatable bonds is 6. The molecular weight excluding hydrogens is 330 g/mol. The largest absolute Gasteiger partial charge is 0.379 e. The van der Waals surface area contributed by atoms with Crippen molar-refractivity contribution in [3.63, 3.8) is 0 Å². The Labute approximate surface area is 124 Å². The zero-order valence-electron chi connectivity index (χ0n) is 11.0. The SMILES string of the molecule is CC(COC1CCOC1)Nc1ncc([N+](=O)[O-])cc1Br. The van der Waals surface area contributed by atoms with E-state index in [2.05, 4.69) is 26.2 Å². The first-order valence-corrected chi connectivity index (χ1v) is 7.11. The van der Waals surface area contributed by atoms with Gasteiger partial charge < -0.3 is 14.8 Å². The van der Waals surface area contributed by atoms with Crippen LogP contribution in [0.2, 0.25) is 0 Å². The van der Waals surface area contributed by atoms with Crippen molar-refractivity contribution < 1.29 is 14.4 Å². The maximum absolute atomic E-state index is 10.6. The van der Waals surface area contributed by atoms with Crippen LogP contribution in [0.3, 0.4) is 0 Å². The smallest absolute Gasteiger partial charge is 0.288 e. The van der Waals surface area contributed by atoms with Crippen molar-refractivity contribution in [2.24, 2.45) is 0 Å². The second kappa shape index (κ2) is 6.96. The van der Waals surface area contributed by atoms with E-state index in [1.165, 1.54) is 12.3 Å². The minimum Gasteiger partial charge on any atom is -0.379 e. The molecule has 0 spiro atoms. The van der Waals surface area contributed by atoms with Crippen LogP contribution in [0, 0.1) is 10.1 Å². The van der Waals surface area contributed by atoms with Gasteiger partial charge in [0.15, 0.2) is 0 Å². The molecule has 0 aliphatic carbocycles. The van der Waals surface area contributed by atoms with Gasteiger partial charge in [0.1, 0.15) is 12.0 Å². The van der Waals surface area contributed by atoms with Crippen LogP contribution in [0.5, 0.6) is 0 Å². The fourth-order valence-electron chi connectivity index (χ4n) is 1.83. The summed E-state index contributed by atoms with van der Waals surface area (Å²) < 4.78 is 11.5. The van der Waals surface area contributed by atoms with E-state index in [4.69, 9.17) is 9.47 Å². The van der Waals surface area contributed by atoms with Crippen LogP contribution in [0.1, 0.15) is 13.3 Å². The molecule has 0 aromatic carbocycles. The van der Waals surface area contributed by atoms with Gasteiger partial charge in [0.2, 0.25) is 0 Å². The van der Waals surface area contributed by atoms with Gasteiger partial charge >= 0.3 is 0 Å². The van der Waals surface area contributed by atoms with E-state index in [9.17, 15) is 10.1 Å². The van der Waals surface area contributed by atoms with Gasteiger partial charge in [0.25, 0.3) is 5.69 Å². The normalized spacial score (nSPS) is 19.8. The third-order valence-corrected chi connectivity index (χ3v) is 3.50. The summed E-state index contributed by atoms with van der Waals surface area (Å²) in [6, 6.07) is 1.47. The van der Waals surface area contributed by atoms with Crippen LogP contribution in [0.25, 0.3) is 0 Å².